The molecule has 0 spiro atoms. The van der Waals surface area contributed by atoms with Crippen LogP contribution < -0.4 is 5.32 Å². The molecule has 0 unspecified atom stereocenters. The van der Waals surface area contributed by atoms with Crippen LogP contribution in [0.5, 0.6) is 0 Å². The Morgan fingerprint density at radius 3 is 2.53 bits per heavy atom. The quantitative estimate of drug-likeness (QED) is 0.884. The molecule has 4 heteroatoms. The third-order valence-corrected chi connectivity index (χ3v) is 3.54. The summed E-state index contributed by atoms with van der Waals surface area (Å²) in [7, 11) is 1.94. The highest BCUT2D eigenvalue weighted by Gasteiger charge is 2.39. The SMILES string of the molecule is CNCC1(c2ccc(Cl)c(Cl)c2)COC1. The molecule has 2 rings (SSSR count). The molecule has 0 aliphatic carbocycles. The van der Waals surface area contributed by atoms with Crippen molar-refractivity contribution in [3.8, 4) is 0 Å². The van der Waals surface area contributed by atoms with E-state index in [2.05, 4.69) is 5.32 Å². The number of likely N-dealkylation sites (N-methyl/N-ethyl adjacent to an activating group) is 1. The number of hydrogen-bond acceptors (Lipinski definition) is 2. The summed E-state index contributed by atoms with van der Waals surface area (Å²) >= 11 is 11.9. The Morgan fingerprint density at radius 2 is 2.07 bits per heavy atom. The number of ether oxygens (including phenoxy) is 1. The van der Waals surface area contributed by atoms with E-state index in [1.807, 2.05) is 25.2 Å². The lowest BCUT2D eigenvalue weighted by molar-refractivity contribution is -0.0582. The summed E-state index contributed by atoms with van der Waals surface area (Å²) in [4.78, 5) is 0. The first-order valence-corrected chi connectivity index (χ1v) is 5.61. The van der Waals surface area contributed by atoms with Crippen molar-refractivity contribution in [3.63, 3.8) is 0 Å². The van der Waals surface area contributed by atoms with Crippen LogP contribution in [-0.2, 0) is 10.2 Å². The molecule has 0 amide bonds. The van der Waals surface area contributed by atoms with Gasteiger partial charge in [0.2, 0.25) is 0 Å². The smallest absolute Gasteiger partial charge is 0.0598 e. The van der Waals surface area contributed by atoms with Gasteiger partial charge in [0.05, 0.1) is 28.7 Å². The van der Waals surface area contributed by atoms with E-state index >= 15 is 0 Å². The highest BCUT2D eigenvalue weighted by Crippen LogP contribution is 2.35. The predicted octanol–water partition coefficient (Wildman–Crippen LogP) is 2.48. The fraction of sp³-hybridized carbons (Fsp3) is 0.455. The van der Waals surface area contributed by atoms with Crippen LogP contribution in [0.3, 0.4) is 0 Å². The molecule has 82 valence electrons. The van der Waals surface area contributed by atoms with E-state index in [9.17, 15) is 0 Å². The maximum absolute atomic E-state index is 6.01. The van der Waals surface area contributed by atoms with Crippen molar-refractivity contribution in [2.45, 2.75) is 5.41 Å². The lowest BCUT2D eigenvalue weighted by Crippen LogP contribution is -2.52. The fourth-order valence-electron chi connectivity index (χ4n) is 1.88. The van der Waals surface area contributed by atoms with Crippen LogP contribution in [0.25, 0.3) is 0 Å². The van der Waals surface area contributed by atoms with Gasteiger partial charge in [-0.2, -0.15) is 0 Å². The molecule has 1 aromatic rings. The van der Waals surface area contributed by atoms with Gasteiger partial charge in [0.25, 0.3) is 0 Å². The fourth-order valence-corrected chi connectivity index (χ4v) is 2.18. The van der Waals surface area contributed by atoms with Crippen LogP contribution in [0.1, 0.15) is 5.56 Å². The Morgan fingerprint density at radius 1 is 1.33 bits per heavy atom. The zero-order chi connectivity index (χ0) is 10.9. The Hall–Kier alpha value is -0.280. The van der Waals surface area contributed by atoms with E-state index < -0.39 is 0 Å². The van der Waals surface area contributed by atoms with Crippen molar-refractivity contribution in [1.29, 1.82) is 0 Å². The topological polar surface area (TPSA) is 21.3 Å². The summed E-state index contributed by atoms with van der Waals surface area (Å²) in [5, 5.41) is 4.39. The first kappa shape index (κ1) is 11.2. The molecule has 1 heterocycles. The van der Waals surface area contributed by atoms with Gasteiger partial charge in [-0.05, 0) is 24.7 Å². The van der Waals surface area contributed by atoms with E-state index in [0.29, 0.717) is 10.0 Å². The second-order valence-corrected chi connectivity index (χ2v) is 4.75. The van der Waals surface area contributed by atoms with Gasteiger partial charge in [-0.15, -0.1) is 0 Å². The Kier molecular flexibility index (Phi) is 3.21. The average Bonchev–Trinajstić information content (AvgIpc) is 2.16. The van der Waals surface area contributed by atoms with Gasteiger partial charge in [0, 0.05) is 6.54 Å². The minimum atomic E-state index is 0.0724. The molecule has 2 nitrogen and oxygen atoms in total. The molecule has 1 fully saturated rings. The van der Waals surface area contributed by atoms with E-state index in [1.165, 1.54) is 5.56 Å². The molecule has 1 aliphatic rings. The maximum atomic E-state index is 6.01. The normalized spacial score (nSPS) is 18.6. The highest BCUT2D eigenvalue weighted by atomic mass is 35.5. The monoisotopic (exact) mass is 245 g/mol. The van der Waals surface area contributed by atoms with Gasteiger partial charge in [-0.25, -0.2) is 0 Å². The van der Waals surface area contributed by atoms with Crippen LogP contribution in [0, 0.1) is 0 Å². The minimum Gasteiger partial charge on any atom is -0.379 e. The summed E-state index contributed by atoms with van der Waals surface area (Å²) in [5.41, 5.74) is 1.26. The van der Waals surface area contributed by atoms with Gasteiger partial charge in [0.15, 0.2) is 0 Å². The van der Waals surface area contributed by atoms with E-state index in [1.54, 1.807) is 0 Å². The molecular formula is C11H13Cl2NO. The van der Waals surface area contributed by atoms with Crippen molar-refractivity contribution in [1.82, 2.24) is 5.32 Å². The molecule has 1 saturated heterocycles. The Balaban J connectivity index is 2.30. The Labute approximate surface area is 99.5 Å². The summed E-state index contributed by atoms with van der Waals surface area (Å²) in [5.74, 6) is 0. The molecular weight excluding hydrogens is 233 g/mol. The van der Waals surface area contributed by atoms with Crippen LogP contribution >= 0.6 is 23.2 Å². The molecule has 15 heavy (non-hydrogen) atoms. The Bertz CT molecular complexity index is 364. The molecule has 1 aliphatic heterocycles. The number of nitrogens with one attached hydrogen (secondary N) is 1. The maximum Gasteiger partial charge on any atom is 0.0598 e. The largest absolute Gasteiger partial charge is 0.379 e. The summed E-state index contributed by atoms with van der Waals surface area (Å²) in [6.45, 7) is 2.38. The molecule has 1 N–H and O–H groups in total. The third-order valence-electron chi connectivity index (χ3n) is 2.80. The van der Waals surface area contributed by atoms with E-state index in [-0.39, 0.29) is 5.41 Å². The number of hydrogen-bond donors (Lipinski definition) is 1. The standard InChI is InChI=1S/C11H13Cl2NO/c1-14-5-11(6-15-7-11)8-2-3-9(12)10(13)4-8/h2-4,14H,5-7H2,1H3. The molecule has 0 aromatic heterocycles. The van der Waals surface area contributed by atoms with Crippen LogP contribution in [-0.4, -0.2) is 26.8 Å². The zero-order valence-corrected chi connectivity index (χ0v) is 10.0. The number of benzene rings is 1. The summed E-state index contributed by atoms with van der Waals surface area (Å²) in [6.07, 6.45) is 0. The van der Waals surface area contributed by atoms with Crippen molar-refractivity contribution < 1.29 is 4.74 Å². The lowest BCUT2D eigenvalue weighted by Gasteiger charge is -2.42. The highest BCUT2D eigenvalue weighted by molar-refractivity contribution is 6.42. The first-order valence-electron chi connectivity index (χ1n) is 4.86. The molecule has 0 radical (unpaired) electrons. The van der Waals surface area contributed by atoms with E-state index in [4.69, 9.17) is 27.9 Å². The number of rotatable bonds is 3. The van der Waals surface area contributed by atoms with Gasteiger partial charge < -0.3 is 10.1 Å². The van der Waals surface area contributed by atoms with Crippen molar-refractivity contribution in [2.75, 3.05) is 26.8 Å². The van der Waals surface area contributed by atoms with Crippen LogP contribution in [0.15, 0.2) is 18.2 Å². The molecule has 0 saturated carbocycles. The van der Waals surface area contributed by atoms with Gasteiger partial charge in [-0.3, -0.25) is 0 Å². The lowest BCUT2D eigenvalue weighted by atomic mass is 9.78. The molecule has 1 aromatic carbocycles. The minimum absolute atomic E-state index is 0.0724. The van der Waals surface area contributed by atoms with Gasteiger partial charge in [0.1, 0.15) is 0 Å². The van der Waals surface area contributed by atoms with Crippen LogP contribution in [0.2, 0.25) is 10.0 Å². The average molecular weight is 246 g/mol. The van der Waals surface area contributed by atoms with E-state index in [0.717, 1.165) is 19.8 Å². The molecule has 0 bridgehead atoms. The van der Waals surface area contributed by atoms with Crippen molar-refractivity contribution in [3.05, 3.63) is 33.8 Å². The zero-order valence-electron chi connectivity index (χ0n) is 8.52. The third kappa shape index (κ3) is 2.00. The molecule has 0 atom stereocenters. The first-order chi connectivity index (χ1) is 7.18. The number of halogens is 2. The van der Waals surface area contributed by atoms with Gasteiger partial charge >= 0.3 is 0 Å². The second-order valence-electron chi connectivity index (χ2n) is 3.93. The second kappa shape index (κ2) is 4.30. The van der Waals surface area contributed by atoms with Gasteiger partial charge in [-0.1, -0.05) is 29.3 Å². The van der Waals surface area contributed by atoms with Crippen molar-refractivity contribution in [2.24, 2.45) is 0 Å². The predicted molar refractivity (Wildman–Crippen MR) is 62.9 cm³/mol. The summed E-state index contributed by atoms with van der Waals surface area (Å²) < 4.78 is 5.30. The summed E-state index contributed by atoms with van der Waals surface area (Å²) in [6, 6.07) is 5.80. The van der Waals surface area contributed by atoms with Crippen LogP contribution in [0.4, 0.5) is 0 Å². The van der Waals surface area contributed by atoms with Crippen molar-refractivity contribution >= 4 is 23.2 Å².